The van der Waals surface area contributed by atoms with Crippen molar-refractivity contribution in [1.82, 2.24) is 15.5 Å². The Morgan fingerprint density at radius 1 is 1.26 bits per heavy atom. The molecule has 0 aromatic carbocycles. The number of carboxylic acid groups (broad SMARTS) is 1. The first-order chi connectivity index (χ1) is 8.59. The number of hydrogen-bond acceptors (Lipinski definition) is 3. The number of hydrogen-bond donors (Lipinski definition) is 3. The van der Waals surface area contributed by atoms with E-state index in [4.69, 9.17) is 5.11 Å². The maximum atomic E-state index is 11.8. The molecule has 3 amide bonds. The van der Waals surface area contributed by atoms with E-state index in [9.17, 15) is 14.4 Å². The summed E-state index contributed by atoms with van der Waals surface area (Å²) in [6.45, 7) is 7.30. The number of nitrogens with one attached hydrogen (secondary N) is 2. The fraction of sp³-hybridized carbons (Fsp3) is 0.750. The van der Waals surface area contributed by atoms with Crippen LogP contribution in [0.25, 0.3) is 0 Å². The number of aliphatic carboxylic acids is 1. The highest BCUT2D eigenvalue weighted by molar-refractivity contribution is 5.86. The van der Waals surface area contributed by atoms with E-state index in [1.165, 1.54) is 7.05 Å². The Hall–Kier alpha value is -1.79. The second-order valence-corrected chi connectivity index (χ2v) is 5.40. The summed E-state index contributed by atoms with van der Waals surface area (Å²) in [7, 11) is 1.44. The van der Waals surface area contributed by atoms with Crippen LogP contribution in [0.5, 0.6) is 0 Å². The van der Waals surface area contributed by atoms with Crippen LogP contribution in [0.2, 0.25) is 0 Å². The molecule has 0 bridgehead atoms. The Balaban J connectivity index is 4.57. The van der Waals surface area contributed by atoms with Crippen LogP contribution >= 0.6 is 0 Å². The van der Waals surface area contributed by atoms with E-state index in [0.29, 0.717) is 6.54 Å². The van der Waals surface area contributed by atoms with Crippen molar-refractivity contribution in [2.24, 2.45) is 5.41 Å². The van der Waals surface area contributed by atoms with Crippen molar-refractivity contribution in [3.05, 3.63) is 0 Å². The van der Waals surface area contributed by atoms with Gasteiger partial charge in [-0.25, -0.2) is 9.59 Å². The minimum atomic E-state index is -1.10. The minimum absolute atomic E-state index is 0.115. The Morgan fingerprint density at radius 3 is 2.16 bits per heavy atom. The van der Waals surface area contributed by atoms with Crippen LogP contribution < -0.4 is 10.6 Å². The molecular formula is C12H23N3O4. The van der Waals surface area contributed by atoms with Gasteiger partial charge in [0.15, 0.2) is 0 Å². The molecule has 0 saturated carbocycles. The molecule has 1 atom stereocenters. The number of carboxylic acids is 1. The highest BCUT2D eigenvalue weighted by Crippen LogP contribution is 2.19. The monoisotopic (exact) mass is 273 g/mol. The summed E-state index contributed by atoms with van der Waals surface area (Å²) in [4.78, 5) is 35.4. The molecule has 7 nitrogen and oxygen atoms in total. The third-order valence-electron chi connectivity index (χ3n) is 2.48. The molecule has 0 aliphatic rings. The lowest BCUT2D eigenvalue weighted by Gasteiger charge is -2.29. The van der Waals surface area contributed by atoms with Gasteiger partial charge < -0.3 is 20.6 Å². The quantitative estimate of drug-likeness (QED) is 0.669. The summed E-state index contributed by atoms with van der Waals surface area (Å²) in [5.74, 6) is -1.39. The number of rotatable bonds is 5. The zero-order valence-electron chi connectivity index (χ0n) is 12.1. The van der Waals surface area contributed by atoms with Crippen LogP contribution in [0.15, 0.2) is 0 Å². The van der Waals surface area contributed by atoms with Crippen molar-refractivity contribution in [2.75, 3.05) is 20.1 Å². The van der Waals surface area contributed by atoms with E-state index in [-0.39, 0.29) is 12.5 Å². The van der Waals surface area contributed by atoms with Crippen molar-refractivity contribution >= 4 is 17.9 Å². The van der Waals surface area contributed by atoms with Crippen molar-refractivity contribution in [1.29, 1.82) is 0 Å². The van der Waals surface area contributed by atoms with Crippen LogP contribution in [0.3, 0.4) is 0 Å². The summed E-state index contributed by atoms with van der Waals surface area (Å²) in [6.07, 6.45) is 0. The Morgan fingerprint density at radius 2 is 1.79 bits per heavy atom. The summed E-state index contributed by atoms with van der Waals surface area (Å²) in [5, 5.41) is 14.1. The summed E-state index contributed by atoms with van der Waals surface area (Å²) >= 11 is 0. The zero-order chi connectivity index (χ0) is 15.2. The smallest absolute Gasteiger partial charge is 0.326 e. The number of likely N-dealkylation sites (N-methyl/N-ethyl adjacent to an activating group) is 2. The van der Waals surface area contributed by atoms with Gasteiger partial charge in [-0.15, -0.1) is 0 Å². The predicted molar refractivity (Wildman–Crippen MR) is 70.7 cm³/mol. The Kier molecular flexibility index (Phi) is 6.31. The molecule has 0 fully saturated rings. The number of nitrogens with zero attached hydrogens (tertiary/aromatic N) is 1. The lowest BCUT2D eigenvalue weighted by atomic mass is 9.87. The fourth-order valence-electron chi connectivity index (χ4n) is 1.42. The third-order valence-corrected chi connectivity index (χ3v) is 2.48. The third kappa shape index (κ3) is 6.08. The van der Waals surface area contributed by atoms with Crippen molar-refractivity contribution in [3.8, 4) is 0 Å². The van der Waals surface area contributed by atoms with Gasteiger partial charge in [0.25, 0.3) is 0 Å². The lowest BCUT2D eigenvalue weighted by molar-refractivity contribution is -0.142. The summed E-state index contributed by atoms with van der Waals surface area (Å²) < 4.78 is 0. The molecule has 0 aromatic heterocycles. The van der Waals surface area contributed by atoms with Crippen LogP contribution in [-0.4, -0.2) is 54.1 Å². The van der Waals surface area contributed by atoms with E-state index >= 15 is 0 Å². The molecule has 0 heterocycles. The van der Waals surface area contributed by atoms with Gasteiger partial charge in [-0.05, 0) is 12.3 Å². The van der Waals surface area contributed by atoms with Crippen LogP contribution in [0.1, 0.15) is 27.7 Å². The SMILES string of the molecule is CCNC(=O)CN(C)C(=O)NC(C(=O)O)C(C)(C)C. The molecule has 0 radical (unpaired) electrons. The average molecular weight is 273 g/mol. The van der Waals surface area contributed by atoms with Gasteiger partial charge in [-0.2, -0.15) is 0 Å². The molecular weight excluding hydrogens is 250 g/mol. The highest BCUT2D eigenvalue weighted by Gasteiger charge is 2.33. The molecule has 0 aromatic rings. The minimum Gasteiger partial charge on any atom is -0.480 e. The molecule has 0 saturated heterocycles. The Labute approximate surface area is 113 Å². The largest absolute Gasteiger partial charge is 0.480 e. The molecule has 110 valence electrons. The fourth-order valence-corrected chi connectivity index (χ4v) is 1.42. The number of carbonyl (C=O) groups excluding carboxylic acids is 2. The topological polar surface area (TPSA) is 98.7 Å². The number of carbonyl (C=O) groups is 3. The summed E-state index contributed by atoms with van der Waals surface area (Å²) in [5.41, 5.74) is -0.617. The van der Waals surface area contributed by atoms with Crippen LogP contribution in [-0.2, 0) is 9.59 Å². The molecule has 19 heavy (non-hydrogen) atoms. The van der Waals surface area contributed by atoms with Gasteiger partial charge in [0, 0.05) is 13.6 Å². The number of amides is 3. The van der Waals surface area contributed by atoms with Crippen LogP contribution in [0, 0.1) is 5.41 Å². The molecule has 0 aliphatic heterocycles. The van der Waals surface area contributed by atoms with E-state index < -0.39 is 23.5 Å². The zero-order valence-corrected chi connectivity index (χ0v) is 12.1. The van der Waals surface area contributed by atoms with E-state index in [2.05, 4.69) is 10.6 Å². The second-order valence-electron chi connectivity index (χ2n) is 5.40. The van der Waals surface area contributed by atoms with Crippen molar-refractivity contribution < 1.29 is 19.5 Å². The maximum absolute atomic E-state index is 11.8. The van der Waals surface area contributed by atoms with Crippen LogP contribution in [0.4, 0.5) is 4.79 Å². The predicted octanol–water partition coefficient (Wildman–Crippen LogP) is 0.263. The number of urea groups is 1. The van der Waals surface area contributed by atoms with E-state index in [0.717, 1.165) is 4.90 Å². The highest BCUT2D eigenvalue weighted by atomic mass is 16.4. The average Bonchev–Trinajstić information content (AvgIpc) is 2.23. The molecule has 0 aliphatic carbocycles. The van der Waals surface area contributed by atoms with E-state index in [1.807, 2.05) is 0 Å². The molecule has 1 unspecified atom stereocenters. The van der Waals surface area contributed by atoms with Gasteiger partial charge in [0.1, 0.15) is 12.6 Å². The van der Waals surface area contributed by atoms with E-state index in [1.54, 1.807) is 27.7 Å². The van der Waals surface area contributed by atoms with Crippen molar-refractivity contribution in [2.45, 2.75) is 33.7 Å². The van der Waals surface area contributed by atoms with Gasteiger partial charge in [-0.1, -0.05) is 20.8 Å². The first kappa shape index (κ1) is 17.2. The Bertz CT molecular complexity index is 349. The van der Waals surface area contributed by atoms with Gasteiger partial charge in [0.05, 0.1) is 0 Å². The maximum Gasteiger partial charge on any atom is 0.326 e. The molecule has 0 spiro atoms. The molecule has 3 N–H and O–H groups in total. The molecule has 7 heteroatoms. The van der Waals surface area contributed by atoms with Crippen molar-refractivity contribution in [3.63, 3.8) is 0 Å². The van der Waals surface area contributed by atoms with Gasteiger partial charge in [-0.3, -0.25) is 4.79 Å². The first-order valence-corrected chi connectivity index (χ1v) is 6.10. The summed E-state index contributed by atoms with van der Waals surface area (Å²) in [6, 6.07) is -1.61. The van der Waals surface area contributed by atoms with Gasteiger partial charge in [0.2, 0.25) is 5.91 Å². The standard InChI is InChI=1S/C12H23N3O4/c1-6-13-8(16)7-15(5)11(19)14-9(10(17)18)12(2,3)4/h9H,6-7H2,1-5H3,(H,13,16)(H,14,19)(H,17,18). The molecule has 0 rings (SSSR count). The second kappa shape index (κ2) is 6.96. The van der Waals surface area contributed by atoms with Gasteiger partial charge >= 0.3 is 12.0 Å². The normalized spacial score (nSPS) is 12.5. The first-order valence-electron chi connectivity index (χ1n) is 6.10. The lowest BCUT2D eigenvalue weighted by Crippen LogP contribution is -2.53.